The Kier molecular flexibility index (Phi) is 11.0. The summed E-state index contributed by atoms with van der Waals surface area (Å²) in [6.45, 7) is 15.7. The highest BCUT2D eigenvalue weighted by molar-refractivity contribution is 5.79. The molecule has 2 fully saturated rings. The highest BCUT2D eigenvalue weighted by atomic mass is 16.2. The van der Waals surface area contributed by atoms with Crippen molar-refractivity contribution >= 4 is 11.8 Å². The Hall–Kier alpha value is -2.70. The molecule has 2 saturated heterocycles. The molecular weight excluding hydrogens is 508 g/mol. The second-order valence-corrected chi connectivity index (χ2v) is 13.0. The number of hydrogen-bond acceptors (Lipinski definition) is 4. The summed E-state index contributed by atoms with van der Waals surface area (Å²) in [4.78, 5) is 29.5. The van der Waals surface area contributed by atoms with Gasteiger partial charge in [0.25, 0.3) is 0 Å². The van der Waals surface area contributed by atoms with Crippen LogP contribution in [0, 0.1) is 0 Å². The van der Waals surface area contributed by atoms with Crippen LogP contribution in [0.5, 0.6) is 0 Å². The largest absolute Gasteiger partial charge is 0.352 e. The third-order valence-electron chi connectivity index (χ3n) is 9.18. The molecule has 0 saturated carbocycles. The molecule has 4 rings (SSSR count). The van der Waals surface area contributed by atoms with Crippen molar-refractivity contribution < 1.29 is 9.59 Å². The molecule has 6 nitrogen and oxygen atoms in total. The van der Waals surface area contributed by atoms with Crippen molar-refractivity contribution in [1.29, 1.82) is 0 Å². The molecule has 2 aromatic carbocycles. The van der Waals surface area contributed by atoms with Crippen LogP contribution in [0.3, 0.4) is 0 Å². The van der Waals surface area contributed by atoms with Gasteiger partial charge in [0.05, 0.1) is 13.1 Å². The minimum atomic E-state index is 0.00669. The van der Waals surface area contributed by atoms with Crippen LogP contribution >= 0.6 is 0 Å². The van der Waals surface area contributed by atoms with Crippen molar-refractivity contribution in [2.75, 3.05) is 39.9 Å². The van der Waals surface area contributed by atoms with Crippen LogP contribution in [0.15, 0.2) is 36.4 Å². The average Bonchev–Trinajstić information content (AvgIpc) is 2.96. The standard InChI is InChI=1S/C35H52N4O2/c1-24(2)29-7-9-33(27-11-15-36-16-12-27)31(19-29)21-35(41)38(6)23-39-17-13-28(14-18-39)34-10-8-30(25(3)4)20-32(34)22-37-26(5)40/h7-10,19-20,24-25,27-28,36H,11-18,21-23H2,1-6H3,(H,37,40). The molecule has 0 spiro atoms. The van der Waals surface area contributed by atoms with Gasteiger partial charge < -0.3 is 15.5 Å². The zero-order chi connectivity index (χ0) is 29.5. The molecule has 2 aliphatic heterocycles. The fraction of sp³-hybridized carbons (Fsp3) is 0.600. The highest BCUT2D eigenvalue weighted by Gasteiger charge is 2.26. The van der Waals surface area contributed by atoms with Crippen LogP contribution in [0.25, 0.3) is 0 Å². The minimum absolute atomic E-state index is 0.00669. The predicted octanol–water partition coefficient (Wildman–Crippen LogP) is 5.87. The van der Waals surface area contributed by atoms with E-state index in [0.717, 1.165) is 51.9 Å². The smallest absolute Gasteiger partial charge is 0.227 e. The van der Waals surface area contributed by atoms with Crippen LogP contribution < -0.4 is 10.6 Å². The molecule has 2 aromatic rings. The fourth-order valence-electron chi connectivity index (χ4n) is 6.49. The first-order valence-corrected chi connectivity index (χ1v) is 15.8. The summed E-state index contributed by atoms with van der Waals surface area (Å²) < 4.78 is 0. The molecule has 0 atom stereocenters. The quantitative estimate of drug-likeness (QED) is 0.381. The van der Waals surface area contributed by atoms with E-state index in [-0.39, 0.29) is 11.8 Å². The van der Waals surface area contributed by atoms with Crippen molar-refractivity contribution in [2.45, 2.75) is 96.9 Å². The van der Waals surface area contributed by atoms with Gasteiger partial charge in [-0.1, -0.05) is 64.1 Å². The Morgan fingerprint density at radius 2 is 1.41 bits per heavy atom. The summed E-state index contributed by atoms with van der Waals surface area (Å²) in [5, 5.41) is 6.49. The molecule has 0 aromatic heterocycles. The molecule has 6 heteroatoms. The number of likely N-dealkylation sites (N-methyl/N-ethyl adjacent to an activating group) is 1. The van der Waals surface area contributed by atoms with Gasteiger partial charge in [-0.25, -0.2) is 0 Å². The third-order valence-corrected chi connectivity index (χ3v) is 9.18. The molecule has 0 radical (unpaired) electrons. The Morgan fingerprint density at radius 3 is 1.98 bits per heavy atom. The monoisotopic (exact) mass is 560 g/mol. The van der Waals surface area contributed by atoms with E-state index in [2.05, 4.69) is 79.6 Å². The number of amides is 2. The summed E-state index contributed by atoms with van der Waals surface area (Å²) in [7, 11) is 1.96. The third kappa shape index (κ3) is 8.42. The van der Waals surface area contributed by atoms with Gasteiger partial charge in [-0.2, -0.15) is 0 Å². The molecule has 0 unspecified atom stereocenters. The van der Waals surface area contributed by atoms with Crippen molar-refractivity contribution in [1.82, 2.24) is 20.4 Å². The molecule has 2 N–H and O–H groups in total. The van der Waals surface area contributed by atoms with E-state index in [1.54, 1.807) is 6.92 Å². The lowest BCUT2D eigenvalue weighted by Gasteiger charge is -2.35. The number of nitrogens with one attached hydrogen (secondary N) is 2. The van der Waals surface area contributed by atoms with E-state index in [0.29, 0.717) is 43.3 Å². The van der Waals surface area contributed by atoms with Gasteiger partial charge in [0.2, 0.25) is 11.8 Å². The van der Waals surface area contributed by atoms with Gasteiger partial charge in [-0.05, 0) is 95.8 Å². The van der Waals surface area contributed by atoms with Gasteiger partial charge in [-0.3, -0.25) is 14.5 Å². The first-order chi connectivity index (χ1) is 19.6. The second-order valence-electron chi connectivity index (χ2n) is 13.0. The van der Waals surface area contributed by atoms with E-state index in [9.17, 15) is 9.59 Å². The van der Waals surface area contributed by atoms with E-state index in [1.165, 1.54) is 33.4 Å². The maximum atomic E-state index is 13.5. The number of likely N-dealkylation sites (tertiary alicyclic amines) is 1. The maximum absolute atomic E-state index is 13.5. The Labute approximate surface area is 248 Å². The number of nitrogens with zero attached hydrogens (tertiary/aromatic N) is 2. The maximum Gasteiger partial charge on any atom is 0.227 e. The van der Waals surface area contributed by atoms with Crippen LogP contribution in [0.1, 0.15) is 117 Å². The number of carbonyl (C=O) groups excluding carboxylic acids is 2. The van der Waals surface area contributed by atoms with E-state index in [1.807, 2.05) is 11.9 Å². The van der Waals surface area contributed by atoms with Gasteiger partial charge in [0.1, 0.15) is 0 Å². The van der Waals surface area contributed by atoms with Gasteiger partial charge in [0.15, 0.2) is 0 Å². The van der Waals surface area contributed by atoms with Gasteiger partial charge in [-0.15, -0.1) is 0 Å². The predicted molar refractivity (Wildman–Crippen MR) is 168 cm³/mol. The number of piperidine rings is 2. The minimum Gasteiger partial charge on any atom is -0.352 e. The SMILES string of the molecule is CC(=O)NCc1cc(C(C)C)ccc1C1CCN(CN(C)C(=O)Cc2cc(C(C)C)ccc2C2CCNCC2)CC1. The zero-order valence-corrected chi connectivity index (χ0v) is 26.3. The summed E-state index contributed by atoms with van der Waals surface area (Å²) in [5.74, 6) is 2.12. The number of benzene rings is 2. The first-order valence-electron chi connectivity index (χ1n) is 15.8. The Morgan fingerprint density at radius 1 is 0.878 bits per heavy atom. The van der Waals surface area contributed by atoms with Crippen LogP contribution in [-0.4, -0.2) is 61.5 Å². The lowest BCUT2D eigenvalue weighted by atomic mass is 9.84. The van der Waals surface area contributed by atoms with Crippen molar-refractivity contribution in [3.05, 3.63) is 69.8 Å². The molecule has 0 bridgehead atoms. The first kappa shape index (κ1) is 31.2. The molecule has 2 heterocycles. The number of rotatable bonds is 10. The van der Waals surface area contributed by atoms with Crippen LogP contribution in [0.2, 0.25) is 0 Å². The molecule has 2 aliphatic rings. The van der Waals surface area contributed by atoms with Crippen LogP contribution in [-0.2, 0) is 22.6 Å². The normalized spacial score (nSPS) is 17.3. The average molecular weight is 561 g/mol. The number of hydrogen-bond donors (Lipinski definition) is 2. The van der Waals surface area contributed by atoms with Gasteiger partial charge >= 0.3 is 0 Å². The summed E-state index contributed by atoms with van der Waals surface area (Å²) in [6, 6.07) is 13.7. The Bertz CT molecular complexity index is 1180. The lowest BCUT2D eigenvalue weighted by Crippen LogP contribution is -2.43. The van der Waals surface area contributed by atoms with E-state index in [4.69, 9.17) is 0 Å². The molecule has 2 amide bonds. The molecule has 41 heavy (non-hydrogen) atoms. The lowest BCUT2D eigenvalue weighted by molar-refractivity contribution is -0.131. The van der Waals surface area contributed by atoms with E-state index < -0.39 is 0 Å². The Balaban J connectivity index is 1.37. The number of carbonyl (C=O) groups is 2. The summed E-state index contributed by atoms with van der Waals surface area (Å²) in [6.07, 6.45) is 4.87. The van der Waals surface area contributed by atoms with Crippen molar-refractivity contribution in [3.8, 4) is 0 Å². The molecule has 224 valence electrons. The van der Waals surface area contributed by atoms with Crippen molar-refractivity contribution in [2.24, 2.45) is 0 Å². The topological polar surface area (TPSA) is 64.7 Å². The van der Waals surface area contributed by atoms with E-state index >= 15 is 0 Å². The summed E-state index contributed by atoms with van der Waals surface area (Å²) in [5.41, 5.74) is 7.82. The van der Waals surface area contributed by atoms with Crippen LogP contribution in [0.4, 0.5) is 0 Å². The zero-order valence-electron chi connectivity index (χ0n) is 26.3. The fourth-order valence-corrected chi connectivity index (χ4v) is 6.49. The summed E-state index contributed by atoms with van der Waals surface area (Å²) >= 11 is 0. The second kappa shape index (κ2) is 14.5. The molecular formula is C35H52N4O2. The van der Waals surface area contributed by atoms with Gasteiger partial charge in [0, 0.05) is 33.6 Å². The highest BCUT2D eigenvalue weighted by Crippen LogP contribution is 2.33. The molecule has 0 aliphatic carbocycles. The van der Waals surface area contributed by atoms with Crippen molar-refractivity contribution in [3.63, 3.8) is 0 Å².